The zero-order chi connectivity index (χ0) is 18.6. The Bertz CT molecular complexity index is 568. The number of benzene rings is 1. The van der Waals surface area contributed by atoms with Gasteiger partial charge in [-0.15, -0.1) is 0 Å². The largest absolute Gasteiger partial charge is 0.379 e. The number of amides is 1. The monoisotopic (exact) mass is 346 g/mol. The van der Waals surface area contributed by atoms with E-state index in [1.807, 2.05) is 11.9 Å². The molecule has 1 fully saturated rings. The van der Waals surface area contributed by atoms with Gasteiger partial charge < -0.3 is 14.9 Å². The minimum Gasteiger partial charge on any atom is -0.379 e. The predicted molar refractivity (Wildman–Crippen MR) is 102 cm³/mol. The molecule has 1 aliphatic rings. The molecule has 1 amide bonds. The first-order chi connectivity index (χ1) is 11.7. The van der Waals surface area contributed by atoms with Crippen molar-refractivity contribution in [3.05, 3.63) is 35.4 Å². The summed E-state index contributed by atoms with van der Waals surface area (Å²) in [5.74, 6) is 0.900. The first-order valence-corrected chi connectivity index (χ1v) is 9.50. The topological polar surface area (TPSA) is 43.8 Å². The molecule has 1 N–H and O–H groups in total. The fraction of sp³-hybridized carbons (Fsp3) is 0.667. The predicted octanol–water partition coefficient (Wildman–Crippen LogP) is 3.25. The van der Waals surface area contributed by atoms with Crippen molar-refractivity contribution in [2.45, 2.75) is 58.6 Å². The van der Waals surface area contributed by atoms with E-state index in [0.717, 1.165) is 25.1 Å². The maximum Gasteiger partial charge on any atom is 0.256 e. The lowest BCUT2D eigenvalue weighted by molar-refractivity contribution is -0.160. The molecule has 0 aliphatic carbocycles. The summed E-state index contributed by atoms with van der Waals surface area (Å²) in [5, 5.41) is 11.0. The van der Waals surface area contributed by atoms with Gasteiger partial charge in [-0.25, -0.2) is 0 Å². The SMILES string of the molecule is CC(C)CN(C)CC1(O)CCCN(Cc2ccc(C(C)C)cc2)C1=O. The van der Waals surface area contributed by atoms with Gasteiger partial charge in [-0.05, 0) is 42.9 Å². The molecule has 1 aromatic carbocycles. The van der Waals surface area contributed by atoms with Crippen LogP contribution in [0.15, 0.2) is 24.3 Å². The van der Waals surface area contributed by atoms with Crippen LogP contribution in [-0.4, -0.2) is 53.1 Å². The molecule has 4 heteroatoms. The average molecular weight is 347 g/mol. The van der Waals surface area contributed by atoms with E-state index in [-0.39, 0.29) is 5.91 Å². The molecule has 1 aliphatic heterocycles. The minimum absolute atomic E-state index is 0.123. The minimum atomic E-state index is -1.25. The Labute approximate surface area is 152 Å². The fourth-order valence-electron chi connectivity index (χ4n) is 3.73. The van der Waals surface area contributed by atoms with Gasteiger partial charge in [0.15, 0.2) is 5.60 Å². The summed E-state index contributed by atoms with van der Waals surface area (Å²) in [5.41, 5.74) is 1.18. The molecule has 0 aromatic heterocycles. The second-order valence-electron chi connectivity index (χ2n) is 8.35. The van der Waals surface area contributed by atoms with Gasteiger partial charge in [0.25, 0.3) is 5.91 Å². The van der Waals surface area contributed by atoms with Crippen LogP contribution < -0.4 is 0 Å². The van der Waals surface area contributed by atoms with E-state index in [9.17, 15) is 9.90 Å². The molecule has 25 heavy (non-hydrogen) atoms. The Morgan fingerprint density at radius 2 is 1.84 bits per heavy atom. The zero-order valence-electron chi connectivity index (χ0n) is 16.5. The maximum absolute atomic E-state index is 12.9. The Morgan fingerprint density at radius 3 is 2.40 bits per heavy atom. The molecule has 1 atom stereocenters. The average Bonchev–Trinajstić information content (AvgIpc) is 2.51. The highest BCUT2D eigenvalue weighted by Gasteiger charge is 2.42. The van der Waals surface area contributed by atoms with Gasteiger partial charge in [-0.2, -0.15) is 0 Å². The van der Waals surface area contributed by atoms with E-state index in [1.165, 1.54) is 5.56 Å². The molecule has 4 nitrogen and oxygen atoms in total. The van der Waals surface area contributed by atoms with Crippen molar-refractivity contribution in [2.24, 2.45) is 5.92 Å². The summed E-state index contributed by atoms with van der Waals surface area (Å²) in [6, 6.07) is 8.47. The summed E-state index contributed by atoms with van der Waals surface area (Å²) < 4.78 is 0. The highest BCUT2D eigenvalue weighted by atomic mass is 16.3. The molecule has 0 spiro atoms. The third-order valence-corrected chi connectivity index (χ3v) is 4.93. The number of piperidine rings is 1. The molecule has 1 unspecified atom stereocenters. The van der Waals surface area contributed by atoms with Gasteiger partial charge in [0.2, 0.25) is 0 Å². The number of hydrogen-bond acceptors (Lipinski definition) is 3. The van der Waals surface area contributed by atoms with Crippen LogP contribution in [-0.2, 0) is 11.3 Å². The fourth-order valence-corrected chi connectivity index (χ4v) is 3.73. The lowest BCUT2D eigenvalue weighted by Gasteiger charge is -2.40. The second-order valence-corrected chi connectivity index (χ2v) is 8.35. The Balaban J connectivity index is 2.03. The maximum atomic E-state index is 12.9. The van der Waals surface area contributed by atoms with E-state index in [4.69, 9.17) is 0 Å². The van der Waals surface area contributed by atoms with E-state index in [0.29, 0.717) is 31.3 Å². The Hall–Kier alpha value is -1.39. The Morgan fingerprint density at radius 1 is 1.20 bits per heavy atom. The van der Waals surface area contributed by atoms with Crippen LogP contribution in [0.25, 0.3) is 0 Å². The molecular formula is C21H34N2O2. The van der Waals surface area contributed by atoms with Crippen LogP contribution >= 0.6 is 0 Å². The van der Waals surface area contributed by atoms with Crippen LogP contribution in [0.1, 0.15) is 57.6 Å². The van der Waals surface area contributed by atoms with E-state index in [1.54, 1.807) is 0 Å². The van der Waals surface area contributed by atoms with Crippen molar-refractivity contribution in [2.75, 3.05) is 26.7 Å². The molecule has 0 radical (unpaired) electrons. The molecular weight excluding hydrogens is 312 g/mol. The summed E-state index contributed by atoms with van der Waals surface area (Å²) in [4.78, 5) is 16.8. The van der Waals surface area contributed by atoms with Gasteiger partial charge >= 0.3 is 0 Å². The van der Waals surface area contributed by atoms with Gasteiger partial charge in [-0.1, -0.05) is 52.0 Å². The molecule has 2 rings (SSSR count). The van der Waals surface area contributed by atoms with Crippen molar-refractivity contribution >= 4 is 5.91 Å². The van der Waals surface area contributed by atoms with Gasteiger partial charge in [0.05, 0.1) is 0 Å². The highest BCUT2D eigenvalue weighted by molar-refractivity contribution is 5.86. The number of carbonyl (C=O) groups is 1. The van der Waals surface area contributed by atoms with Crippen molar-refractivity contribution in [3.63, 3.8) is 0 Å². The first kappa shape index (κ1) is 19.9. The smallest absolute Gasteiger partial charge is 0.256 e. The van der Waals surface area contributed by atoms with Gasteiger partial charge in [0.1, 0.15) is 0 Å². The van der Waals surface area contributed by atoms with Crippen LogP contribution in [0.4, 0.5) is 0 Å². The second kappa shape index (κ2) is 8.33. The van der Waals surface area contributed by atoms with Gasteiger partial charge in [-0.3, -0.25) is 4.79 Å². The Kier molecular flexibility index (Phi) is 6.64. The van der Waals surface area contributed by atoms with E-state index in [2.05, 4.69) is 56.9 Å². The molecule has 1 heterocycles. The quantitative estimate of drug-likeness (QED) is 0.824. The normalized spacial score (nSPS) is 21.6. The van der Waals surface area contributed by atoms with Crippen LogP contribution in [0.5, 0.6) is 0 Å². The highest BCUT2D eigenvalue weighted by Crippen LogP contribution is 2.26. The number of nitrogens with zero attached hydrogens (tertiary/aromatic N) is 2. The molecule has 140 valence electrons. The molecule has 1 saturated heterocycles. The number of likely N-dealkylation sites (tertiary alicyclic amines) is 1. The molecule has 1 aromatic rings. The summed E-state index contributed by atoms with van der Waals surface area (Å²) in [6.07, 6.45) is 1.40. The van der Waals surface area contributed by atoms with Crippen LogP contribution in [0.3, 0.4) is 0 Å². The van der Waals surface area contributed by atoms with Crippen LogP contribution in [0.2, 0.25) is 0 Å². The van der Waals surface area contributed by atoms with Crippen LogP contribution in [0, 0.1) is 5.92 Å². The first-order valence-electron chi connectivity index (χ1n) is 9.50. The van der Waals surface area contributed by atoms with E-state index >= 15 is 0 Å². The third-order valence-electron chi connectivity index (χ3n) is 4.93. The van der Waals surface area contributed by atoms with Crippen molar-refractivity contribution in [1.29, 1.82) is 0 Å². The summed E-state index contributed by atoms with van der Waals surface area (Å²) in [7, 11) is 1.98. The summed E-state index contributed by atoms with van der Waals surface area (Å²) in [6.45, 7) is 11.2. The number of hydrogen-bond donors (Lipinski definition) is 1. The third kappa shape index (κ3) is 5.29. The van der Waals surface area contributed by atoms with E-state index < -0.39 is 5.60 Å². The lowest BCUT2D eigenvalue weighted by atomic mass is 9.90. The number of carbonyl (C=O) groups excluding carboxylic acids is 1. The van der Waals surface area contributed by atoms with Gasteiger partial charge in [0, 0.05) is 26.2 Å². The van der Waals surface area contributed by atoms with Crippen molar-refractivity contribution in [1.82, 2.24) is 9.80 Å². The lowest BCUT2D eigenvalue weighted by Crippen LogP contribution is -2.58. The zero-order valence-corrected chi connectivity index (χ0v) is 16.5. The number of aliphatic hydroxyl groups is 1. The molecule has 0 bridgehead atoms. The summed E-state index contributed by atoms with van der Waals surface area (Å²) >= 11 is 0. The number of rotatable bonds is 7. The molecule has 0 saturated carbocycles. The standard InChI is InChI=1S/C21H34N2O2/c1-16(2)13-22(5)15-21(25)11-6-12-23(20(21)24)14-18-7-9-19(10-8-18)17(3)4/h7-10,16-17,25H,6,11-15H2,1-5H3. The number of likely N-dealkylation sites (N-methyl/N-ethyl adjacent to an activating group) is 1. The van der Waals surface area contributed by atoms with Crippen molar-refractivity contribution in [3.8, 4) is 0 Å². The van der Waals surface area contributed by atoms with Crippen molar-refractivity contribution < 1.29 is 9.90 Å².